The quantitative estimate of drug-likeness (QED) is 0.901. The van der Waals surface area contributed by atoms with Gasteiger partial charge in [0.15, 0.2) is 0 Å². The van der Waals surface area contributed by atoms with Crippen molar-refractivity contribution < 1.29 is 9.13 Å². The molecule has 2 N–H and O–H groups in total. The molecular weight excluding hydrogens is 255 g/mol. The van der Waals surface area contributed by atoms with Crippen molar-refractivity contribution >= 4 is 0 Å². The molecule has 1 aliphatic heterocycles. The molecule has 1 aromatic rings. The average Bonchev–Trinajstić information content (AvgIpc) is 2.36. The van der Waals surface area contributed by atoms with Crippen molar-refractivity contribution in [3.05, 3.63) is 35.6 Å². The van der Waals surface area contributed by atoms with Crippen LogP contribution in [0.5, 0.6) is 0 Å². The molecule has 0 amide bonds. The summed E-state index contributed by atoms with van der Waals surface area (Å²) in [5.74, 6) is -0.191. The molecule has 3 nitrogen and oxygen atoms in total. The molecule has 0 bridgehead atoms. The molecule has 1 aliphatic rings. The van der Waals surface area contributed by atoms with Gasteiger partial charge in [0, 0.05) is 24.2 Å². The molecule has 20 heavy (non-hydrogen) atoms. The Morgan fingerprint density at radius 2 is 2.15 bits per heavy atom. The van der Waals surface area contributed by atoms with Gasteiger partial charge in [-0.2, -0.15) is 0 Å². The molecule has 0 unspecified atom stereocenters. The smallest absolute Gasteiger partial charge is 0.128 e. The van der Waals surface area contributed by atoms with Crippen LogP contribution in [0.1, 0.15) is 32.3 Å². The minimum absolute atomic E-state index is 0.172. The maximum absolute atomic E-state index is 13.5. The van der Waals surface area contributed by atoms with Crippen molar-refractivity contribution in [2.24, 2.45) is 5.73 Å². The Labute approximate surface area is 120 Å². The van der Waals surface area contributed by atoms with E-state index in [2.05, 4.69) is 4.90 Å². The zero-order chi connectivity index (χ0) is 14.6. The molecule has 0 aliphatic carbocycles. The summed E-state index contributed by atoms with van der Waals surface area (Å²) in [7, 11) is 0. The lowest BCUT2D eigenvalue weighted by molar-refractivity contribution is -0.0144. The average molecular weight is 280 g/mol. The number of nitrogens with zero attached hydrogens (tertiary/aromatic N) is 1. The first-order chi connectivity index (χ1) is 9.44. The third kappa shape index (κ3) is 4.85. The lowest BCUT2D eigenvalue weighted by Crippen LogP contribution is -2.50. The second kappa shape index (κ2) is 6.66. The fraction of sp³-hybridized carbons (Fsp3) is 0.625. The minimum atomic E-state index is -0.191. The molecule has 1 atom stereocenters. The molecule has 0 aromatic heterocycles. The molecule has 1 fully saturated rings. The van der Waals surface area contributed by atoms with Crippen LogP contribution in [-0.2, 0) is 11.3 Å². The van der Waals surface area contributed by atoms with E-state index < -0.39 is 0 Å². The highest BCUT2D eigenvalue weighted by atomic mass is 19.1. The first kappa shape index (κ1) is 15.4. The standard InChI is InChI=1S/C16H25FN2O/c1-16(2,18)12-19-9-5-7-14(10-19)20-11-13-6-3-4-8-15(13)17/h3-4,6,8,14H,5,7,9-12,18H2,1-2H3/t14-/m0/s1. The fourth-order valence-electron chi connectivity index (χ4n) is 2.69. The van der Waals surface area contributed by atoms with Crippen LogP contribution in [0.3, 0.4) is 0 Å². The van der Waals surface area contributed by atoms with E-state index in [0.29, 0.717) is 12.2 Å². The lowest BCUT2D eigenvalue weighted by Gasteiger charge is -2.36. The Kier molecular flexibility index (Phi) is 5.13. The van der Waals surface area contributed by atoms with E-state index in [1.807, 2.05) is 19.9 Å². The summed E-state index contributed by atoms with van der Waals surface area (Å²) in [6.45, 7) is 7.24. The van der Waals surface area contributed by atoms with Crippen LogP contribution in [0.15, 0.2) is 24.3 Å². The SMILES string of the molecule is CC(C)(N)CN1CCC[C@H](OCc2ccccc2F)C1. The highest BCUT2D eigenvalue weighted by Crippen LogP contribution is 2.17. The highest BCUT2D eigenvalue weighted by Gasteiger charge is 2.24. The van der Waals surface area contributed by atoms with Crippen LogP contribution in [0.25, 0.3) is 0 Å². The molecule has 112 valence electrons. The van der Waals surface area contributed by atoms with E-state index in [-0.39, 0.29) is 17.5 Å². The summed E-state index contributed by atoms with van der Waals surface area (Å²) >= 11 is 0. The summed E-state index contributed by atoms with van der Waals surface area (Å²) in [5, 5.41) is 0. The third-order valence-corrected chi connectivity index (χ3v) is 3.53. The van der Waals surface area contributed by atoms with E-state index in [1.54, 1.807) is 12.1 Å². The number of hydrogen-bond acceptors (Lipinski definition) is 3. The number of halogens is 1. The van der Waals surface area contributed by atoms with Gasteiger partial charge in [-0.05, 0) is 39.3 Å². The number of rotatable bonds is 5. The van der Waals surface area contributed by atoms with Gasteiger partial charge in [-0.15, -0.1) is 0 Å². The maximum Gasteiger partial charge on any atom is 0.128 e. The van der Waals surface area contributed by atoms with E-state index in [4.69, 9.17) is 10.5 Å². The molecule has 0 radical (unpaired) electrons. The van der Waals surface area contributed by atoms with E-state index in [1.165, 1.54) is 6.07 Å². The summed E-state index contributed by atoms with van der Waals surface area (Å²) < 4.78 is 19.4. The molecule has 1 saturated heterocycles. The Morgan fingerprint density at radius 1 is 1.40 bits per heavy atom. The predicted molar refractivity (Wildman–Crippen MR) is 78.9 cm³/mol. The fourth-order valence-corrected chi connectivity index (χ4v) is 2.69. The van der Waals surface area contributed by atoms with Gasteiger partial charge >= 0.3 is 0 Å². The lowest BCUT2D eigenvalue weighted by atomic mass is 10.0. The number of hydrogen-bond donors (Lipinski definition) is 1. The Morgan fingerprint density at radius 3 is 2.85 bits per heavy atom. The summed E-state index contributed by atoms with van der Waals surface area (Å²) in [6, 6.07) is 6.79. The normalized spacial score (nSPS) is 21.1. The molecule has 1 aromatic carbocycles. The van der Waals surface area contributed by atoms with Gasteiger partial charge in [0.05, 0.1) is 12.7 Å². The topological polar surface area (TPSA) is 38.5 Å². The van der Waals surface area contributed by atoms with E-state index in [0.717, 1.165) is 32.5 Å². The van der Waals surface area contributed by atoms with E-state index >= 15 is 0 Å². The van der Waals surface area contributed by atoms with Gasteiger partial charge < -0.3 is 10.5 Å². The molecule has 4 heteroatoms. The molecule has 1 heterocycles. The maximum atomic E-state index is 13.5. The van der Waals surface area contributed by atoms with Crippen molar-refractivity contribution in [2.75, 3.05) is 19.6 Å². The Hall–Kier alpha value is -0.970. The molecule has 0 spiro atoms. The van der Waals surface area contributed by atoms with Gasteiger partial charge in [0.2, 0.25) is 0 Å². The second-order valence-corrected chi connectivity index (χ2v) is 6.39. The van der Waals surface area contributed by atoms with E-state index in [9.17, 15) is 4.39 Å². The summed E-state index contributed by atoms with van der Waals surface area (Å²) in [4.78, 5) is 2.34. The highest BCUT2D eigenvalue weighted by molar-refractivity contribution is 5.16. The predicted octanol–water partition coefficient (Wildman–Crippen LogP) is 2.54. The number of likely N-dealkylation sites (tertiary alicyclic amines) is 1. The zero-order valence-electron chi connectivity index (χ0n) is 12.4. The van der Waals surface area contributed by atoms with Gasteiger partial charge in [0.25, 0.3) is 0 Å². The van der Waals surface area contributed by atoms with Gasteiger partial charge in [-0.1, -0.05) is 18.2 Å². The largest absolute Gasteiger partial charge is 0.372 e. The number of piperidine rings is 1. The van der Waals surface area contributed by atoms with Crippen LogP contribution in [-0.4, -0.2) is 36.2 Å². The minimum Gasteiger partial charge on any atom is -0.372 e. The Balaban J connectivity index is 1.83. The van der Waals surface area contributed by atoms with Crippen molar-refractivity contribution in [2.45, 2.75) is 44.9 Å². The van der Waals surface area contributed by atoms with Gasteiger partial charge in [-0.3, -0.25) is 4.90 Å². The van der Waals surface area contributed by atoms with Crippen molar-refractivity contribution in [1.29, 1.82) is 0 Å². The first-order valence-corrected chi connectivity index (χ1v) is 7.30. The van der Waals surface area contributed by atoms with Crippen LogP contribution < -0.4 is 5.73 Å². The number of benzene rings is 1. The molecule has 0 saturated carbocycles. The van der Waals surface area contributed by atoms with Crippen LogP contribution >= 0.6 is 0 Å². The number of nitrogens with two attached hydrogens (primary N) is 1. The van der Waals surface area contributed by atoms with Crippen molar-refractivity contribution in [3.8, 4) is 0 Å². The molecular formula is C16H25FN2O. The number of ether oxygens (including phenoxy) is 1. The van der Waals surface area contributed by atoms with Crippen LogP contribution in [0.2, 0.25) is 0 Å². The third-order valence-electron chi connectivity index (χ3n) is 3.53. The zero-order valence-corrected chi connectivity index (χ0v) is 12.4. The second-order valence-electron chi connectivity index (χ2n) is 6.39. The summed E-state index contributed by atoms with van der Waals surface area (Å²) in [5.41, 5.74) is 6.51. The monoisotopic (exact) mass is 280 g/mol. The Bertz CT molecular complexity index is 431. The van der Waals surface area contributed by atoms with Crippen LogP contribution in [0.4, 0.5) is 4.39 Å². The van der Waals surface area contributed by atoms with Crippen LogP contribution in [0, 0.1) is 5.82 Å². The van der Waals surface area contributed by atoms with Gasteiger partial charge in [0.1, 0.15) is 5.82 Å². The molecule has 2 rings (SSSR count). The van der Waals surface area contributed by atoms with Crippen molar-refractivity contribution in [1.82, 2.24) is 4.90 Å². The first-order valence-electron chi connectivity index (χ1n) is 7.30. The summed E-state index contributed by atoms with van der Waals surface area (Å²) in [6.07, 6.45) is 2.32. The van der Waals surface area contributed by atoms with Gasteiger partial charge in [-0.25, -0.2) is 4.39 Å². The van der Waals surface area contributed by atoms with Crippen molar-refractivity contribution in [3.63, 3.8) is 0 Å².